The molecule has 0 aliphatic heterocycles. The first-order chi connectivity index (χ1) is 18.2. The van der Waals surface area contributed by atoms with Gasteiger partial charge in [0.25, 0.3) is 0 Å². The quantitative estimate of drug-likeness (QED) is 0.127. The second kappa shape index (κ2) is 7.27. The second-order valence-corrected chi connectivity index (χ2v) is 8.75. The summed E-state index contributed by atoms with van der Waals surface area (Å²) >= 11 is 0. The molecule has 0 unspecified atom stereocenters. The molecule has 0 radical (unpaired) electrons. The fraction of sp³-hybridized carbons (Fsp3) is 0. The third-order valence-electron chi connectivity index (χ3n) is 7.04. The van der Waals surface area contributed by atoms with Crippen molar-refractivity contribution in [2.45, 2.75) is 0 Å². The average Bonchev–Trinajstić information content (AvgIpc) is 3.34. The van der Waals surface area contributed by atoms with Gasteiger partial charge in [0.05, 0.1) is 47.9 Å². The van der Waals surface area contributed by atoms with Gasteiger partial charge >= 0.3 is 0 Å². The lowest BCUT2D eigenvalue weighted by molar-refractivity contribution is 1.32. The monoisotopic (exact) mass is 468 g/mol. The van der Waals surface area contributed by atoms with Crippen molar-refractivity contribution in [3.8, 4) is 6.07 Å². The van der Waals surface area contributed by atoms with Crippen LogP contribution >= 0.6 is 0 Å². The van der Waals surface area contributed by atoms with Gasteiger partial charge in [-0.25, -0.2) is 4.98 Å². The Balaban J connectivity index is 1.87. The third-order valence-corrected chi connectivity index (χ3v) is 7.04. The highest BCUT2D eigenvalue weighted by Gasteiger charge is 2.23. The van der Waals surface area contributed by atoms with Crippen molar-refractivity contribution >= 4 is 77.0 Å². The Morgan fingerprint density at radius 1 is 0.676 bits per heavy atom. The van der Waals surface area contributed by atoms with Gasteiger partial charge in [-0.05, 0) is 45.1 Å². The van der Waals surface area contributed by atoms with Crippen LogP contribution in [0.2, 0.25) is 0 Å². The van der Waals surface area contributed by atoms with Crippen molar-refractivity contribution < 1.29 is 0 Å². The molecule has 0 aliphatic rings. The van der Waals surface area contributed by atoms with E-state index in [4.69, 9.17) is 24.7 Å². The Kier molecular flexibility index (Phi) is 4.01. The van der Waals surface area contributed by atoms with Crippen LogP contribution in [-0.4, -0.2) is 9.38 Å². The van der Waals surface area contributed by atoms with Gasteiger partial charge < -0.3 is 0 Å². The zero-order valence-electron chi connectivity index (χ0n) is 19.1. The predicted molar refractivity (Wildman–Crippen MR) is 146 cm³/mol. The first kappa shape index (κ1) is 20.4. The maximum Gasteiger partial charge on any atom is 0.202 e. The minimum Gasteiger partial charge on any atom is -0.292 e. The Morgan fingerprint density at radius 3 is 2.22 bits per heavy atom. The molecule has 6 heteroatoms. The summed E-state index contributed by atoms with van der Waals surface area (Å²) in [6.45, 7) is 23.2. The minimum atomic E-state index is -0.0751. The van der Waals surface area contributed by atoms with Crippen LogP contribution in [0.4, 0.5) is 17.1 Å². The maximum atomic E-state index is 10.0. The van der Waals surface area contributed by atoms with E-state index in [-0.39, 0.29) is 22.6 Å². The molecule has 0 atom stereocenters. The van der Waals surface area contributed by atoms with Gasteiger partial charge in [-0.3, -0.25) is 18.9 Å². The summed E-state index contributed by atoms with van der Waals surface area (Å²) in [5.41, 5.74) is 3.44. The Morgan fingerprint density at radius 2 is 1.43 bits per heavy atom. The second-order valence-electron chi connectivity index (χ2n) is 8.75. The summed E-state index contributed by atoms with van der Waals surface area (Å²) in [5.74, 6) is 0. The fourth-order valence-electron chi connectivity index (χ4n) is 5.49. The van der Waals surface area contributed by atoms with Crippen LogP contribution in [0.1, 0.15) is 5.56 Å². The summed E-state index contributed by atoms with van der Waals surface area (Å²) in [7, 11) is 0. The van der Waals surface area contributed by atoms with Gasteiger partial charge in [0, 0.05) is 10.8 Å². The number of pyridine rings is 1. The maximum absolute atomic E-state index is 10.0. The van der Waals surface area contributed by atoms with Crippen molar-refractivity contribution in [1.82, 2.24) is 9.38 Å². The lowest BCUT2D eigenvalue weighted by Gasteiger charge is -2.15. The number of nitriles is 1. The number of aromatic nitrogens is 2. The van der Waals surface area contributed by atoms with Crippen molar-refractivity contribution in [3.05, 3.63) is 113 Å². The number of para-hydroxylation sites is 2. The Hall–Kier alpha value is -5.95. The van der Waals surface area contributed by atoms with Gasteiger partial charge in [-0.15, -0.1) is 0 Å². The molecular weight excluding hydrogens is 456 g/mol. The SMILES string of the molecule is [C-]#[N+]c1c([N+]#[C-])c([N+]#[C-])c2cc3c4ccc5ccccc5c4c4nc5ccccc5n4c3cc2c1C#N. The molecule has 2 heterocycles. The molecule has 0 spiro atoms. The van der Waals surface area contributed by atoms with Crippen LogP contribution in [0.5, 0.6) is 0 Å². The van der Waals surface area contributed by atoms with Gasteiger partial charge in [0.1, 0.15) is 5.65 Å². The predicted octanol–water partition coefficient (Wildman–Crippen LogP) is 8.62. The first-order valence-corrected chi connectivity index (χ1v) is 11.4. The summed E-state index contributed by atoms with van der Waals surface area (Å²) < 4.78 is 2.10. The van der Waals surface area contributed by atoms with Gasteiger partial charge in [0.15, 0.2) is 5.69 Å². The van der Waals surface area contributed by atoms with E-state index < -0.39 is 0 Å². The molecule has 166 valence electrons. The highest BCUT2D eigenvalue weighted by atomic mass is 15.0. The normalized spacial score (nSPS) is 11.1. The van der Waals surface area contributed by atoms with Crippen LogP contribution in [0, 0.1) is 31.0 Å². The van der Waals surface area contributed by atoms with E-state index in [9.17, 15) is 5.26 Å². The Labute approximate surface area is 210 Å². The van der Waals surface area contributed by atoms with Crippen LogP contribution in [-0.2, 0) is 0 Å². The van der Waals surface area contributed by atoms with Crippen molar-refractivity contribution in [2.75, 3.05) is 0 Å². The number of nitrogens with zero attached hydrogens (tertiary/aromatic N) is 6. The molecule has 5 aromatic carbocycles. The summed E-state index contributed by atoms with van der Waals surface area (Å²) in [6, 6.07) is 26.1. The molecule has 2 aromatic heterocycles. The largest absolute Gasteiger partial charge is 0.292 e. The number of imidazole rings is 1. The van der Waals surface area contributed by atoms with Crippen molar-refractivity contribution in [2.24, 2.45) is 0 Å². The molecule has 0 fully saturated rings. The van der Waals surface area contributed by atoms with E-state index in [0.717, 1.165) is 49.1 Å². The van der Waals surface area contributed by atoms with Gasteiger partial charge in [-0.2, -0.15) is 5.26 Å². The minimum absolute atomic E-state index is 0.0719. The van der Waals surface area contributed by atoms with E-state index in [1.54, 1.807) is 0 Å². The van der Waals surface area contributed by atoms with Crippen molar-refractivity contribution in [1.29, 1.82) is 5.26 Å². The van der Waals surface area contributed by atoms with Gasteiger partial charge in [-0.1, -0.05) is 54.6 Å². The summed E-state index contributed by atoms with van der Waals surface area (Å²) in [4.78, 5) is 15.7. The average molecular weight is 468 g/mol. The summed E-state index contributed by atoms with van der Waals surface area (Å²) in [5, 5.41) is 16.0. The smallest absolute Gasteiger partial charge is 0.202 e. The molecule has 0 aliphatic carbocycles. The number of rotatable bonds is 0. The molecule has 37 heavy (non-hydrogen) atoms. The molecule has 0 saturated carbocycles. The standard InChI is InChI=1S/C31H12N6/c1-33-28-22-14-21-19-13-12-17-8-4-5-9-18(17)27(19)31-36-24-10-6-7-11-25(24)37(31)26(21)15-20(22)23(16-32)29(34-2)30(28)35-3/h4-15H. The lowest BCUT2D eigenvalue weighted by Crippen LogP contribution is -1.94. The topological polar surface area (TPSA) is 54.2 Å². The Bertz CT molecular complexity index is 2350. The number of fused-ring (bicyclic) bond motifs is 11. The van der Waals surface area contributed by atoms with E-state index in [1.165, 1.54) is 0 Å². The highest BCUT2D eigenvalue weighted by Crippen LogP contribution is 2.49. The molecular formula is C31H12N6. The molecule has 7 aromatic rings. The zero-order chi connectivity index (χ0) is 25.3. The first-order valence-electron chi connectivity index (χ1n) is 11.4. The van der Waals surface area contributed by atoms with E-state index in [2.05, 4.69) is 49.3 Å². The van der Waals surface area contributed by atoms with E-state index in [1.807, 2.05) is 48.5 Å². The zero-order valence-corrected chi connectivity index (χ0v) is 19.1. The molecule has 0 bridgehead atoms. The molecule has 0 N–H and O–H groups in total. The van der Waals surface area contributed by atoms with Crippen molar-refractivity contribution in [3.63, 3.8) is 0 Å². The number of hydrogen-bond donors (Lipinski definition) is 0. The molecule has 0 saturated heterocycles. The lowest BCUT2D eigenvalue weighted by atomic mass is 9.94. The van der Waals surface area contributed by atoms with E-state index in [0.29, 0.717) is 10.8 Å². The summed E-state index contributed by atoms with van der Waals surface area (Å²) in [6.07, 6.45) is 0. The number of hydrogen-bond acceptors (Lipinski definition) is 2. The van der Waals surface area contributed by atoms with Crippen LogP contribution in [0.3, 0.4) is 0 Å². The van der Waals surface area contributed by atoms with Crippen LogP contribution < -0.4 is 0 Å². The molecule has 6 nitrogen and oxygen atoms in total. The van der Waals surface area contributed by atoms with Crippen LogP contribution in [0.15, 0.2) is 72.8 Å². The van der Waals surface area contributed by atoms with E-state index >= 15 is 0 Å². The third kappa shape index (κ3) is 2.51. The van der Waals surface area contributed by atoms with Gasteiger partial charge in [0.2, 0.25) is 11.4 Å². The molecule has 0 amide bonds. The highest BCUT2D eigenvalue weighted by molar-refractivity contribution is 6.26. The molecule has 7 rings (SSSR count). The van der Waals surface area contributed by atoms with Crippen LogP contribution in [0.25, 0.3) is 74.4 Å². The number of benzene rings is 5. The fourth-order valence-corrected chi connectivity index (χ4v) is 5.49.